The molecule has 2 aromatic heterocycles. The Bertz CT molecular complexity index is 1200. The third-order valence-corrected chi connectivity index (χ3v) is 7.10. The molecule has 166 valence electrons. The van der Waals surface area contributed by atoms with Crippen LogP contribution in [0.1, 0.15) is 41.0 Å². The summed E-state index contributed by atoms with van der Waals surface area (Å²) in [6.45, 7) is 5.50. The monoisotopic (exact) mass is 513 g/mol. The maximum absolute atomic E-state index is 11.9. The number of piperazine rings is 1. The van der Waals surface area contributed by atoms with Crippen LogP contribution in [0.15, 0.2) is 47.5 Å². The van der Waals surface area contributed by atoms with Gasteiger partial charge in [-0.25, -0.2) is 4.98 Å². The van der Waals surface area contributed by atoms with E-state index in [2.05, 4.69) is 49.3 Å². The Hall–Kier alpha value is -2.03. The smallest absolute Gasteiger partial charge is 0.129 e. The van der Waals surface area contributed by atoms with E-state index in [0.29, 0.717) is 10.7 Å². The predicted octanol–water partition coefficient (Wildman–Crippen LogP) is 3.99. The highest BCUT2D eigenvalue weighted by atomic mass is 79.9. The molecule has 0 amide bonds. The third kappa shape index (κ3) is 3.72. The zero-order valence-electron chi connectivity index (χ0n) is 18.0. The van der Waals surface area contributed by atoms with E-state index in [1.54, 1.807) is 12.5 Å². The SMILES string of the molecule is Cn1cncc1C(C)(O)C1=Cc2cc(Br)cnc2[C@@H](N2CCNCC2)c2ccc(Cl)cc21. The standard InChI is InChI=1S/C24H25BrClN5O/c1-24(32,21-13-28-14-30(21)2)20-10-15-9-16(25)12-29-22(15)23(31-7-5-27-6-8-31)18-4-3-17(26)11-19(18)20/h3-4,9-14,23,27,32H,5-8H2,1-2H3/t23-,24?/m0/s1. The molecule has 1 aliphatic heterocycles. The predicted molar refractivity (Wildman–Crippen MR) is 130 cm³/mol. The molecule has 8 heteroatoms. The number of rotatable bonds is 3. The fourth-order valence-electron chi connectivity index (χ4n) is 4.87. The fourth-order valence-corrected chi connectivity index (χ4v) is 5.39. The van der Waals surface area contributed by atoms with Gasteiger partial charge in [-0.3, -0.25) is 9.88 Å². The first-order valence-electron chi connectivity index (χ1n) is 10.7. The number of aliphatic hydroxyl groups is 1. The summed E-state index contributed by atoms with van der Waals surface area (Å²) in [5, 5.41) is 16.0. The van der Waals surface area contributed by atoms with Crippen molar-refractivity contribution < 1.29 is 5.11 Å². The molecule has 2 aliphatic rings. The van der Waals surface area contributed by atoms with Crippen LogP contribution in [0, 0.1) is 0 Å². The lowest BCUT2D eigenvalue weighted by atomic mass is 9.84. The van der Waals surface area contributed by atoms with Crippen molar-refractivity contribution in [3.8, 4) is 0 Å². The minimum absolute atomic E-state index is 0.0384. The van der Waals surface area contributed by atoms with Crippen LogP contribution in [0.2, 0.25) is 5.02 Å². The van der Waals surface area contributed by atoms with Crippen molar-refractivity contribution in [2.75, 3.05) is 26.2 Å². The van der Waals surface area contributed by atoms with Gasteiger partial charge in [0.25, 0.3) is 0 Å². The van der Waals surface area contributed by atoms with Crippen LogP contribution in [0.5, 0.6) is 0 Å². The van der Waals surface area contributed by atoms with Crippen LogP contribution < -0.4 is 5.32 Å². The number of hydrogen-bond acceptors (Lipinski definition) is 5. The van der Waals surface area contributed by atoms with Crippen LogP contribution in [-0.4, -0.2) is 50.7 Å². The summed E-state index contributed by atoms with van der Waals surface area (Å²) < 4.78 is 2.75. The van der Waals surface area contributed by atoms with E-state index in [-0.39, 0.29) is 6.04 Å². The highest BCUT2D eigenvalue weighted by Crippen LogP contribution is 2.46. The molecule has 0 spiro atoms. The van der Waals surface area contributed by atoms with Crippen molar-refractivity contribution >= 4 is 39.2 Å². The number of halogens is 2. The van der Waals surface area contributed by atoms with E-state index in [1.165, 1.54) is 0 Å². The summed E-state index contributed by atoms with van der Waals surface area (Å²) >= 11 is 10.1. The van der Waals surface area contributed by atoms with Crippen LogP contribution in [0.25, 0.3) is 11.6 Å². The molecular weight excluding hydrogens is 490 g/mol. The van der Waals surface area contributed by atoms with E-state index in [9.17, 15) is 5.11 Å². The number of fused-ring (bicyclic) bond motifs is 2. The Balaban J connectivity index is 1.79. The highest BCUT2D eigenvalue weighted by molar-refractivity contribution is 9.10. The van der Waals surface area contributed by atoms with Gasteiger partial charge in [0.2, 0.25) is 0 Å². The molecule has 0 radical (unpaired) electrons. The average Bonchev–Trinajstić information content (AvgIpc) is 3.16. The van der Waals surface area contributed by atoms with E-state index in [0.717, 1.165) is 58.6 Å². The first-order valence-corrected chi connectivity index (χ1v) is 11.8. The lowest BCUT2D eigenvalue weighted by molar-refractivity contribution is 0.114. The Morgan fingerprint density at radius 2 is 2.00 bits per heavy atom. The first kappa shape index (κ1) is 21.8. The van der Waals surface area contributed by atoms with Gasteiger partial charge >= 0.3 is 0 Å². The van der Waals surface area contributed by atoms with E-state index in [1.807, 2.05) is 36.9 Å². The van der Waals surface area contributed by atoms with Crippen molar-refractivity contribution in [1.82, 2.24) is 24.8 Å². The zero-order chi connectivity index (χ0) is 22.5. The van der Waals surface area contributed by atoms with Crippen LogP contribution in [0.3, 0.4) is 0 Å². The van der Waals surface area contributed by atoms with Crippen molar-refractivity contribution in [1.29, 1.82) is 0 Å². The molecule has 2 atom stereocenters. The van der Waals surface area contributed by atoms with Gasteiger partial charge in [0.05, 0.1) is 30.0 Å². The number of hydrogen-bond donors (Lipinski definition) is 2. The molecule has 5 rings (SSSR count). The third-order valence-electron chi connectivity index (χ3n) is 6.43. The minimum Gasteiger partial charge on any atom is -0.379 e. The van der Waals surface area contributed by atoms with Gasteiger partial charge in [0.1, 0.15) is 5.60 Å². The van der Waals surface area contributed by atoms with Crippen LogP contribution in [-0.2, 0) is 12.6 Å². The van der Waals surface area contributed by atoms with E-state index < -0.39 is 5.60 Å². The molecule has 1 unspecified atom stereocenters. The van der Waals surface area contributed by atoms with Crippen molar-refractivity contribution in [2.24, 2.45) is 7.05 Å². The van der Waals surface area contributed by atoms with Crippen LogP contribution >= 0.6 is 27.5 Å². The number of pyridine rings is 1. The van der Waals surface area contributed by atoms with Gasteiger partial charge in [0.15, 0.2) is 0 Å². The minimum atomic E-state index is -1.29. The highest BCUT2D eigenvalue weighted by Gasteiger charge is 2.38. The van der Waals surface area contributed by atoms with Gasteiger partial charge in [-0.05, 0) is 69.4 Å². The van der Waals surface area contributed by atoms with Gasteiger partial charge in [-0.1, -0.05) is 17.7 Å². The molecule has 2 N–H and O–H groups in total. The zero-order valence-corrected chi connectivity index (χ0v) is 20.4. The quantitative estimate of drug-likeness (QED) is 0.553. The van der Waals surface area contributed by atoms with Crippen molar-refractivity contribution in [3.05, 3.63) is 80.6 Å². The molecule has 1 aliphatic carbocycles. The summed E-state index contributed by atoms with van der Waals surface area (Å²) in [6.07, 6.45) is 7.32. The summed E-state index contributed by atoms with van der Waals surface area (Å²) in [4.78, 5) is 11.6. The summed E-state index contributed by atoms with van der Waals surface area (Å²) in [5.41, 5.74) is 4.18. The van der Waals surface area contributed by atoms with Crippen LogP contribution in [0.4, 0.5) is 0 Å². The van der Waals surface area contributed by atoms with Gasteiger partial charge in [0, 0.05) is 48.9 Å². The van der Waals surface area contributed by atoms with E-state index >= 15 is 0 Å². The number of benzene rings is 1. The molecule has 0 bridgehead atoms. The largest absolute Gasteiger partial charge is 0.379 e. The number of aromatic nitrogens is 3. The average molecular weight is 515 g/mol. The number of nitrogens with zero attached hydrogens (tertiary/aromatic N) is 4. The molecular formula is C24H25BrClN5O. The molecule has 6 nitrogen and oxygen atoms in total. The Morgan fingerprint density at radius 3 is 2.72 bits per heavy atom. The topological polar surface area (TPSA) is 66.2 Å². The molecule has 0 saturated carbocycles. The molecule has 1 fully saturated rings. The second-order valence-corrected chi connectivity index (χ2v) is 9.92. The molecule has 1 aromatic carbocycles. The Kier molecular flexibility index (Phi) is 5.72. The van der Waals surface area contributed by atoms with Crippen molar-refractivity contribution in [2.45, 2.75) is 18.6 Å². The maximum atomic E-state index is 11.9. The number of aryl methyl sites for hydroxylation is 1. The van der Waals surface area contributed by atoms with Gasteiger partial charge in [-0.2, -0.15) is 0 Å². The number of imidazole rings is 1. The van der Waals surface area contributed by atoms with Gasteiger partial charge in [-0.15, -0.1) is 0 Å². The second kappa shape index (κ2) is 8.39. The van der Waals surface area contributed by atoms with Gasteiger partial charge < -0.3 is 15.0 Å². The molecule has 32 heavy (non-hydrogen) atoms. The number of nitrogens with one attached hydrogen (secondary N) is 1. The van der Waals surface area contributed by atoms with Crippen molar-refractivity contribution in [3.63, 3.8) is 0 Å². The maximum Gasteiger partial charge on any atom is 0.129 e. The summed E-state index contributed by atoms with van der Waals surface area (Å²) in [7, 11) is 1.89. The molecule has 1 saturated heterocycles. The second-order valence-electron chi connectivity index (χ2n) is 8.57. The Morgan fingerprint density at radius 1 is 1.22 bits per heavy atom. The molecule has 3 aromatic rings. The normalized spacial score (nSPS) is 20.7. The summed E-state index contributed by atoms with van der Waals surface area (Å²) in [6, 6.07) is 8.00. The fraction of sp³-hybridized carbons (Fsp3) is 0.333. The van der Waals surface area contributed by atoms with E-state index in [4.69, 9.17) is 16.6 Å². The lowest BCUT2D eigenvalue weighted by Gasteiger charge is -2.36. The summed E-state index contributed by atoms with van der Waals surface area (Å²) in [5.74, 6) is 0. The Labute approximate surface area is 201 Å². The first-order chi connectivity index (χ1) is 15.4. The lowest BCUT2D eigenvalue weighted by Crippen LogP contribution is -2.45. The molecule has 3 heterocycles.